The molecule has 0 aromatic rings. The van der Waals surface area contributed by atoms with Crippen LogP contribution in [0.3, 0.4) is 0 Å². The quantitative estimate of drug-likeness (QED) is 0.0744. The molecule has 23 heteroatoms. The molecule has 0 aromatic carbocycles. The number of rotatable bonds is 15. The van der Waals surface area contributed by atoms with Gasteiger partial charge in [-0.15, -0.1) is 0 Å². The normalized spacial score (nSPS) is 10.3. The number of aliphatic hydroxyl groups is 3. The van der Waals surface area contributed by atoms with Crippen LogP contribution >= 0.6 is 0 Å². The van der Waals surface area contributed by atoms with Crippen LogP contribution in [0.5, 0.6) is 0 Å². The molecule has 0 heterocycles. The first-order valence-corrected chi connectivity index (χ1v) is 9.51. The van der Waals surface area contributed by atoms with Gasteiger partial charge < -0.3 is 68.2 Å². The Labute approximate surface area is 270 Å². The number of carbonyl (C=O) groups is 9. The molecule has 0 atom stereocenters. The second-order valence-electron chi connectivity index (χ2n) is 7.43. The van der Waals surface area contributed by atoms with Crippen LogP contribution in [-0.4, -0.2) is 137 Å². The van der Waals surface area contributed by atoms with Crippen molar-refractivity contribution < 1.29 is 163 Å². The van der Waals surface area contributed by atoms with Crippen molar-refractivity contribution in [1.82, 2.24) is 0 Å². The molecule has 0 radical (unpaired) electrons. The van der Waals surface area contributed by atoms with Gasteiger partial charge >= 0.3 is 105 Å². The summed E-state index contributed by atoms with van der Waals surface area (Å²) in [7, 11) is 0. The monoisotopic (exact) mass is 634 g/mol. The molecular formula is C18H27KO22. The molecule has 0 saturated carbocycles. The first-order valence-electron chi connectivity index (χ1n) is 9.51. The third-order valence-electron chi connectivity index (χ3n) is 3.86. The van der Waals surface area contributed by atoms with Gasteiger partial charge in [-0.2, -0.15) is 0 Å². The van der Waals surface area contributed by atoms with Crippen molar-refractivity contribution in [2.24, 2.45) is 0 Å². The number of carboxylic acid groups (broad SMARTS) is 9. The van der Waals surface area contributed by atoms with E-state index < -0.39 is 109 Å². The second kappa shape index (κ2) is 20.6. The second-order valence-corrected chi connectivity index (χ2v) is 7.43. The van der Waals surface area contributed by atoms with Crippen LogP contribution in [0.4, 0.5) is 0 Å². The van der Waals surface area contributed by atoms with Gasteiger partial charge in [0.15, 0.2) is 16.8 Å². The first kappa shape index (κ1) is 47.5. The van der Waals surface area contributed by atoms with Crippen molar-refractivity contribution in [3.8, 4) is 0 Å². The zero-order valence-electron chi connectivity index (χ0n) is 21.8. The topological polar surface area (TPSA) is 428 Å². The van der Waals surface area contributed by atoms with E-state index in [1.807, 2.05) is 0 Å². The molecule has 0 amide bonds. The van der Waals surface area contributed by atoms with E-state index in [1.165, 1.54) is 0 Å². The minimum Gasteiger partial charge on any atom is -1.00 e. The van der Waals surface area contributed by atoms with Crippen molar-refractivity contribution in [3.63, 3.8) is 0 Å². The van der Waals surface area contributed by atoms with Crippen molar-refractivity contribution in [1.29, 1.82) is 0 Å². The Morgan fingerprint density at radius 2 is 0.463 bits per heavy atom. The fraction of sp³-hybridized carbons (Fsp3) is 0.500. The molecule has 0 fully saturated rings. The maximum atomic E-state index is 10.3. The number of hydrogen-bond acceptors (Lipinski definition) is 12. The molecule has 0 aliphatic carbocycles. The van der Waals surface area contributed by atoms with E-state index in [9.17, 15) is 43.2 Å². The molecular weight excluding hydrogens is 607 g/mol. The predicted octanol–water partition coefficient (Wildman–Crippen LogP) is -7.45. The Bertz CT molecular complexity index is 820. The summed E-state index contributed by atoms with van der Waals surface area (Å²) in [6, 6.07) is 0. The molecule has 0 rings (SSSR count). The van der Waals surface area contributed by atoms with Crippen molar-refractivity contribution in [2.45, 2.75) is 55.3 Å². The fourth-order valence-electron chi connectivity index (χ4n) is 2.14. The van der Waals surface area contributed by atoms with Crippen LogP contribution in [0.25, 0.3) is 0 Å². The Kier molecular flexibility index (Phi) is 23.8. The minimum atomic E-state index is -2.74. The van der Waals surface area contributed by atoms with Gasteiger partial charge in [-0.1, -0.05) is 0 Å². The Morgan fingerprint density at radius 1 is 0.366 bits per heavy atom. The fourth-order valence-corrected chi connectivity index (χ4v) is 2.14. The molecule has 232 valence electrons. The van der Waals surface area contributed by atoms with Crippen LogP contribution in [0.1, 0.15) is 40.0 Å². The maximum absolute atomic E-state index is 10.3. The van der Waals surface area contributed by atoms with Crippen LogP contribution in [0.2, 0.25) is 0 Å². The Hall–Kier alpha value is -3.29. The standard InChI is InChI=1S/3C6H8O7.K.H2O.H/c3*7-3(8)1-6(13,5(11)12)2-4(9)10;;;/h3*13H,1-2H2,(H,7,8)(H,9,10)(H,11,12);;1H2;/q;;;+1;;-1. The molecule has 14 N–H and O–H groups in total. The summed E-state index contributed by atoms with van der Waals surface area (Å²) in [6.07, 6.45) is -6.87. The molecule has 0 unspecified atom stereocenters. The van der Waals surface area contributed by atoms with Gasteiger partial charge in [0.05, 0.1) is 38.5 Å². The predicted molar refractivity (Wildman–Crippen MR) is 116 cm³/mol. The Morgan fingerprint density at radius 3 is 0.512 bits per heavy atom. The average molecular weight is 634 g/mol. The van der Waals surface area contributed by atoms with Crippen LogP contribution in [0.15, 0.2) is 0 Å². The molecule has 0 aliphatic heterocycles. The third kappa shape index (κ3) is 22.1. The summed E-state index contributed by atoms with van der Waals surface area (Å²) in [6.45, 7) is 0. The van der Waals surface area contributed by atoms with E-state index in [-0.39, 0.29) is 58.3 Å². The molecule has 22 nitrogen and oxygen atoms in total. The van der Waals surface area contributed by atoms with Crippen molar-refractivity contribution in [3.05, 3.63) is 0 Å². The maximum Gasteiger partial charge on any atom is 1.00 e. The summed E-state index contributed by atoms with van der Waals surface area (Å²) in [4.78, 5) is 91.5. The van der Waals surface area contributed by atoms with E-state index >= 15 is 0 Å². The van der Waals surface area contributed by atoms with Gasteiger partial charge in [0.25, 0.3) is 0 Å². The number of carboxylic acids is 9. The number of aliphatic carboxylic acids is 9. The summed E-state index contributed by atoms with van der Waals surface area (Å²) in [5.41, 5.74) is -8.22. The zero-order valence-corrected chi connectivity index (χ0v) is 23.9. The SMILES string of the molecule is O.O=C(O)CC(O)(CC(=O)O)C(=O)O.O=C(O)CC(O)(CC(=O)O)C(=O)O.O=C(O)CC(O)(CC(=O)O)C(=O)O.[H-].[K+]. The van der Waals surface area contributed by atoms with Gasteiger partial charge in [0.2, 0.25) is 0 Å². The third-order valence-corrected chi connectivity index (χ3v) is 3.86. The minimum absolute atomic E-state index is 0. The van der Waals surface area contributed by atoms with E-state index in [4.69, 9.17) is 61.3 Å². The van der Waals surface area contributed by atoms with Crippen molar-refractivity contribution >= 4 is 53.7 Å². The summed E-state index contributed by atoms with van der Waals surface area (Å²) in [5, 5.41) is 101. The van der Waals surface area contributed by atoms with Gasteiger partial charge in [0, 0.05) is 0 Å². The number of hydrogen-bond donors (Lipinski definition) is 12. The average Bonchev–Trinajstić information content (AvgIpc) is 2.64. The van der Waals surface area contributed by atoms with Crippen LogP contribution in [-0.2, 0) is 43.2 Å². The van der Waals surface area contributed by atoms with Crippen LogP contribution in [0, 0.1) is 0 Å². The molecule has 0 bridgehead atoms. The molecule has 0 aliphatic rings. The van der Waals surface area contributed by atoms with Gasteiger partial charge in [-0.05, 0) is 0 Å². The van der Waals surface area contributed by atoms with Crippen molar-refractivity contribution in [2.75, 3.05) is 0 Å². The first-order chi connectivity index (χ1) is 17.3. The van der Waals surface area contributed by atoms with E-state index in [0.29, 0.717) is 0 Å². The molecule has 41 heavy (non-hydrogen) atoms. The molecule has 0 saturated heterocycles. The summed E-state index contributed by atoms with van der Waals surface area (Å²) in [5.74, 6) is -15.1. The van der Waals surface area contributed by atoms with E-state index in [0.717, 1.165) is 0 Å². The van der Waals surface area contributed by atoms with Crippen LogP contribution < -0.4 is 51.4 Å². The van der Waals surface area contributed by atoms with E-state index in [2.05, 4.69) is 0 Å². The Balaban J connectivity index is -0.000000112. The molecule has 0 spiro atoms. The van der Waals surface area contributed by atoms with E-state index in [1.54, 1.807) is 0 Å². The summed E-state index contributed by atoms with van der Waals surface area (Å²) < 4.78 is 0. The molecule has 0 aromatic heterocycles. The largest absolute Gasteiger partial charge is 1.00 e. The van der Waals surface area contributed by atoms with Gasteiger partial charge in [-0.25, -0.2) is 14.4 Å². The van der Waals surface area contributed by atoms with Gasteiger partial charge in [0.1, 0.15) is 0 Å². The summed E-state index contributed by atoms with van der Waals surface area (Å²) >= 11 is 0. The van der Waals surface area contributed by atoms with Gasteiger partial charge in [-0.3, -0.25) is 28.8 Å². The zero-order chi connectivity index (χ0) is 31.9. The smallest absolute Gasteiger partial charge is 1.00 e.